The van der Waals surface area contributed by atoms with Crippen molar-refractivity contribution >= 4 is 23.2 Å². The van der Waals surface area contributed by atoms with Crippen LogP contribution in [0.25, 0.3) is 0 Å². The zero-order chi connectivity index (χ0) is 14.9. The number of nitrogens with one attached hydrogen (secondary N) is 1. The number of hydrogen-bond acceptors (Lipinski definition) is 3. The molecule has 2 rings (SSSR count). The number of halogens is 2. The van der Waals surface area contributed by atoms with Crippen molar-refractivity contribution in [3.63, 3.8) is 0 Å². The van der Waals surface area contributed by atoms with Crippen molar-refractivity contribution in [3.05, 3.63) is 56.3 Å². The molecule has 1 aromatic rings. The van der Waals surface area contributed by atoms with E-state index in [4.69, 9.17) is 23.2 Å². The molecule has 0 aromatic heterocycles. The van der Waals surface area contributed by atoms with E-state index in [2.05, 4.69) is 17.5 Å². The molecule has 0 fully saturated rings. The molecule has 20 heavy (non-hydrogen) atoms. The summed E-state index contributed by atoms with van der Waals surface area (Å²) in [5.41, 5.74) is 3.32. The number of benzene rings is 1. The van der Waals surface area contributed by atoms with E-state index < -0.39 is 5.92 Å². The Labute approximate surface area is 127 Å². The number of dihydropyridines is 1. The summed E-state index contributed by atoms with van der Waals surface area (Å²) >= 11 is 12.0. The third-order valence-electron chi connectivity index (χ3n) is 3.28. The van der Waals surface area contributed by atoms with Gasteiger partial charge in [-0.1, -0.05) is 29.3 Å². The lowest BCUT2D eigenvalue weighted by atomic mass is 9.82. The molecule has 1 heterocycles. The van der Waals surface area contributed by atoms with Crippen molar-refractivity contribution in [3.8, 4) is 12.1 Å². The Bertz CT molecular complexity index is 682. The Morgan fingerprint density at radius 1 is 1.00 bits per heavy atom. The van der Waals surface area contributed by atoms with E-state index in [9.17, 15) is 10.5 Å². The van der Waals surface area contributed by atoms with Crippen molar-refractivity contribution in [2.75, 3.05) is 0 Å². The quantitative estimate of drug-likeness (QED) is 0.842. The van der Waals surface area contributed by atoms with Gasteiger partial charge >= 0.3 is 0 Å². The van der Waals surface area contributed by atoms with Gasteiger partial charge in [0, 0.05) is 11.4 Å². The van der Waals surface area contributed by atoms with Gasteiger partial charge in [-0.3, -0.25) is 0 Å². The summed E-state index contributed by atoms with van der Waals surface area (Å²) in [6.07, 6.45) is 0. The average molecular weight is 304 g/mol. The molecule has 0 atom stereocenters. The summed E-state index contributed by atoms with van der Waals surface area (Å²) in [4.78, 5) is 0. The maximum Gasteiger partial charge on any atom is 0.0975 e. The van der Waals surface area contributed by atoms with Crippen LogP contribution in [0, 0.1) is 22.7 Å². The molecule has 3 nitrogen and oxygen atoms in total. The average Bonchev–Trinajstić information content (AvgIpc) is 2.41. The van der Waals surface area contributed by atoms with Crippen LogP contribution in [-0.2, 0) is 0 Å². The molecule has 0 spiro atoms. The highest BCUT2D eigenvalue weighted by atomic mass is 35.5. The Kier molecular flexibility index (Phi) is 4.04. The SMILES string of the molecule is CC1=C(C#N)C(c2ccc(Cl)c(Cl)c2)C(C#N)=C(C)N1. The minimum absolute atomic E-state index is 0.402. The predicted octanol–water partition coefficient (Wildman–Crippen LogP) is 4.28. The Morgan fingerprint density at radius 2 is 1.55 bits per heavy atom. The molecule has 0 unspecified atom stereocenters. The summed E-state index contributed by atoms with van der Waals surface area (Å²) in [5, 5.41) is 22.7. The van der Waals surface area contributed by atoms with Crippen molar-refractivity contribution in [2.24, 2.45) is 0 Å². The number of nitriles is 2. The summed E-state index contributed by atoms with van der Waals surface area (Å²) in [7, 11) is 0. The molecular formula is C15H11Cl2N3. The fourth-order valence-corrected chi connectivity index (χ4v) is 2.62. The fraction of sp³-hybridized carbons (Fsp3) is 0.200. The monoisotopic (exact) mass is 303 g/mol. The summed E-state index contributed by atoms with van der Waals surface area (Å²) in [6.45, 7) is 3.64. The zero-order valence-corrected chi connectivity index (χ0v) is 12.5. The lowest BCUT2D eigenvalue weighted by molar-refractivity contribution is 0.814. The summed E-state index contributed by atoms with van der Waals surface area (Å²) < 4.78 is 0. The van der Waals surface area contributed by atoms with Gasteiger partial charge in [0.2, 0.25) is 0 Å². The van der Waals surface area contributed by atoms with Crippen LogP contribution < -0.4 is 5.32 Å². The minimum Gasteiger partial charge on any atom is -0.361 e. The van der Waals surface area contributed by atoms with Crippen LogP contribution in [0.4, 0.5) is 0 Å². The molecule has 1 aliphatic rings. The number of rotatable bonds is 1. The molecule has 0 saturated heterocycles. The van der Waals surface area contributed by atoms with Crippen LogP contribution in [0.5, 0.6) is 0 Å². The van der Waals surface area contributed by atoms with E-state index in [-0.39, 0.29) is 0 Å². The van der Waals surface area contributed by atoms with Crippen molar-refractivity contribution < 1.29 is 0 Å². The molecule has 1 aliphatic heterocycles. The molecule has 0 saturated carbocycles. The van der Waals surface area contributed by atoms with E-state index in [0.717, 1.165) is 17.0 Å². The van der Waals surface area contributed by atoms with Crippen LogP contribution in [0.3, 0.4) is 0 Å². The smallest absolute Gasteiger partial charge is 0.0975 e. The normalized spacial score (nSPS) is 15.7. The lowest BCUT2D eigenvalue weighted by Crippen LogP contribution is -2.23. The van der Waals surface area contributed by atoms with Gasteiger partial charge in [0.25, 0.3) is 0 Å². The molecule has 0 radical (unpaired) electrons. The van der Waals surface area contributed by atoms with Crippen LogP contribution >= 0.6 is 23.2 Å². The predicted molar refractivity (Wildman–Crippen MR) is 79.0 cm³/mol. The molecule has 0 amide bonds. The van der Waals surface area contributed by atoms with E-state index in [1.54, 1.807) is 18.2 Å². The van der Waals surface area contributed by atoms with Crippen LogP contribution in [0.1, 0.15) is 25.3 Å². The van der Waals surface area contributed by atoms with E-state index in [1.807, 2.05) is 13.8 Å². The van der Waals surface area contributed by atoms with E-state index in [0.29, 0.717) is 21.2 Å². The maximum absolute atomic E-state index is 9.38. The highest BCUT2D eigenvalue weighted by molar-refractivity contribution is 6.42. The maximum atomic E-state index is 9.38. The van der Waals surface area contributed by atoms with Gasteiger partial charge in [-0.25, -0.2) is 0 Å². The van der Waals surface area contributed by atoms with Gasteiger partial charge < -0.3 is 5.32 Å². The zero-order valence-electron chi connectivity index (χ0n) is 11.0. The minimum atomic E-state index is -0.402. The fourth-order valence-electron chi connectivity index (χ4n) is 2.32. The van der Waals surface area contributed by atoms with Crippen LogP contribution in [0.2, 0.25) is 10.0 Å². The van der Waals surface area contributed by atoms with Gasteiger partial charge in [0.05, 0.1) is 39.2 Å². The first-order valence-electron chi connectivity index (χ1n) is 5.93. The Balaban J connectivity index is 2.66. The largest absolute Gasteiger partial charge is 0.361 e. The highest BCUT2D eigenvalue weighted by Crippen LogP contribution is 2.38. The topological polar surface area (TPSA) is 59.6 Å². The standard InChI is InChI=1S/C15H11Cl2N3/c1-8-11(6-18)15(12(7-19)9(2)20-8)10-3-4-13(16)14(17)5-10/h3-5,15,20H,1-2H3. The number of nitrogens with zero attached hydrogens (tertiary/aromatic N) is 2. The first-order chi connectivity index (χ1) is 9.49. The molecule has 0 bridgehead atoms. The van der Waals surface area contributed by atoms with Crippen molar-refractivity contribution in [1.82, 2.24) is 5.32 Å². The van der Waals surface area contributed by atoms with Gasteiger partial charge in [-0.2, -0.15) is 10.5 Å². The first kappa shape index (κ1) is 14.5. The Hall–Kier alpha value is -1.94. The molecular weight excluding hydrogens is 293 g/mol. The first-order valence-corrected chi connectivity index (χ1v) is 6.69. The van der Waals surface area contributed by atoms with Gasteiger partial charge in [0.1, 0.15) is 0 Å². The van der Waals surface area contributed by atoms with Crippen LogP contribution in [-0.4, -0.2) is 0 Å². The van der Waals surface area contributed by atoms with Gasteiger partial charge in [-0.15, -0.1) is 0 Å². The third kappa shape index (κ3) is 2.39. The highest BCUT2D eigenvalue weighted by Gasteiger charge is 2.29. The molecule has 0 aliphatic carbocycles. The van der Waals surface area contributed by atoms with Crippen molar-refractivity contribution in [2.45, 2.75) is 19.8 Å². The number of allylic oxidation sites excluding steroid dienone is 4. The summed E-state index contributed by atoms with van der Waals surface area (Å²) in [5.74, 6) is -0.402. The van der Waals surface area contributed by atoms with Gasteiger partial charge in [0.15, 0.2) is 0 Å². The molecule has 100 valence electrons. The van der Waals surface area contributed by atoms with Gasteiger partial charge in [-0.05, 0) is 31.5 Å². The van der Waals surface area contributed by atoms with E-state index in [1.165, 1.54) is 0 Å². The van der Waals surface area contributed by atoms with E-state index >= 15 is 0 Å². The lowest BCUT2D eigenvalue weighted by Gasteiger charge is -2.26. The number of hydrogen-bond donors (Lipinski definition) is 1. The Morgan fingerprint density at radius 3 is 2.00 bits per heavy atom. The second kappa shape index (κ2) is 5.59. The third-order valence-corrected chi connectivity index (χ3v) is 4.02. The summed E-state index contributed by atoms with van der Waals surface area (Å²) in [6, 6.07) is 9.53. The van der Waals surface area contributed by atoms with Crippen LogP contribution in [0.15, 0.2) is 40.7 Å². The van der Waals surface area contributed by atoms with Crippen molar-refractivity contribution in [1.29, 1.82) is 10.5 Å². The second-order valence-electron chi connectivity index (χ2n) is 4.53. The molecule has 5 heteroatoms. The molecule has 1 N–H and O–H groups in total. The second-order valence-corrected chi connectivity index (χ2v) is 5.35. The molecule has 1 aromatic carbocycles.